The van der Waals surface area contributed by atoms with E-state index in [0.717, 1.165) is 36.9 Å². The lowest BCUT2D eigenvalue weighted by molar-refractivity contribution is 0.0271. The van der Waals surface area contributed by atoms with Crippen molar-refractivity contribution < 1.29 is 5.11 Å². The SMILES string of the molecule is OC1(C(Nc2ccccc2)c2ccccc2)CCCC1. The lowest BCUT2D eigenvalue weighted by Gasteiger charge is -2.34. The minimum Gasteiger partial charge on any atom is -0.387 e. The topological polar surface area (TPSA) is 32.3 Å². The van der Waals surface area contributed by atoms with E-state index in [0.29, 0.717) is 0 Å². The lowest BCUT2D eigenvalue weighted by atomic mass is 9.87. The van der Waals surface area contributed by atoms with Crippen molar-refractivity contribution in [2.45, 2.75) is 37.3 Å². The van der Waals surface area contributed by atoms with Crippen molar-refractivity contribution in [2.75, 3.05) is 5.32 Å². The van der Waals surface area contributed by atoms with Gasteiger partial charge in [-0.2, -0.15) is 0 Å². The number of anilines is 1. The van der Waals surface area contributed by atoms with Crippen LogP contribution in [0.25, 0.3) is 0 Å². The fraction of sp³-hybridized carbons (Fsp3) is 0.333. The third-order valence-electron chi connectivity index (χ3n) is 4.22. The summed E-state index contributed by atoms with van der Waals surface area (Å²) in [5, 5.41) is 14.5. The van der Waals surface area contributed by atoms with Gasteiger partial charge in [0.1, 0.15) is 0 Å². The lowest BCUT2D eigenvalue weighted by Crippen LogP contribution is -2.37. The molecule has 104 valence electrons. The second kappa shape index (κ2) is 5.68. The summed E-state index contributed by atoms with van der Waals surface area (Å²) in [5.41, 5.74) is 1.57. The molecule has 0 radical (unpaired) electrons. The number of rotatable bonds is 4. The Morgan fingerprint density at radius 1 is 0.850 bits per heavy atom. The van der Waals surface area contributed by atoms with E-state index < -0.39 is 5.60 Å². The van der Waals surface area contributed by atoms with Gasteiger partial charge in [0.25, 0.3) is 0 Å². The van der Waals surface area contributed by atoms with Crippen LogP contribution in [0.1, 0.15) is 37.3 Å². The van der Waals surface area contributed by atoms with Crippen LogP contribution in [0.2, 0.25) is 0 Å². The van der Waals surface area contributed by atoms with Crippen LogP contribution in [0.5, 0.6) is 0 Å². The molecule has 0 bridgehead atoms. The van der Waals surface area contributed by atoms with Crippen LogP contribution in [-0.4, -0.2) is 10.7 Å². The molecule has 1 saturated carbocycles. The van der Waals surface area contributed by atoms with Gasteiger partial charge in [-0.25, -0.2) is 0 Å². The molecule has 2 aromatic rings. The molecule has 2 heteroatoms. The molecule has 0 heterocycles. The molecule has 1 atom stereocenters. The van der Waals surface area contributed by atoms with Gasteiger partial charge < -0.3 is 10.4 Å². The highest BCUT2D eigenvalue weighted by molar-refractivity contribution is 5.46. The van der Waals surface area contributed by atoms with Gasteiger partial charge >= 0.3 is 0 Å². The van der Waals surface area contributed by atoms with Crippen LogP contribution in [0.15, 0.2) is 60.7 Å². The average Bonchev–Trinajstić information content (AvgIpc) is 2.94. The number of aliphatic hydroxyl groups is 1. The number of nitrogens with one attached hydrogen (secondary N) is 1. The van der Waals surface area contributed by atoms with Crippen LogP contribution in [-0.2, 0) is 0 Å². The van der Waals surface area contributed by atoms with Gasteiger partial charge in [0.15, 0.2) is 0 Å². The quantitative estimate of drug-likeness (QED) is 0.872. The molecule has 3 rings (SSSR count). The van der Waals surface area contributed by atoms with Crippen LogP contribution in [0, 0.1) is 0 Å². The fourth-order valence-corrected chi connectivity index (χ4v) is 3.15. The van der Waals surface area contributed by atoms with Gasteiger partial charge in [-0.1, -0.05) is 61.4 Å². The first-order valence-electron chi connectivity index (χ1n) is 7.37. The summed E-state index contributed by atoms with van der Waals surface area (Å²) in [6.45, 7) is 0. The van der Waals surface area contributed by atoms with Crippen LogP contribution < -0.4 is 5.32 Å². The van der Waals surface area contributed by atoms with Crippen molar-refractivity contribution in [1.82, 2.24) is 0 Å². The van der Waals surface area contributed by atoms with E-state index >= 15 is 0 Å². The molecule has 0 spiro atoms. The van der Waals surface area contributed by atoms with Crippen molar-refractivity contribution in [3.63, 3.8) is 0 Å². The predicted octanol–water partition coefficient (Wildman–Crippen LogP) is 4.14. The van der Waals surface area contributed by atoms with E-state index in [2.05, 4.69) is 17.4 Å². The first kappa shape index (κ1) is 13.2. The zero-order chi connectivity index (χ0) is 13.8. The Morgan fingerprint density at radius 3 is 2.00 bits per heavy atom. The van der Waals surface area contributed by atoms with Crippen molar-refractivity contribution in [3.8, 4) is 0 Å². The van der Waals surface area contributed by atoms with E-state index in [4.69, 9.17) is 0 Å². The molecule has 1 unspecified atom stereocenters. The first-order valence-corrected chi connectivity index (χ1v) is 7.37. The van der Waals surface area contributed by atoms with E-state index in [1.165, 1.54) is 0 Å². The zero-order valence-electron chi connectivity index (χ0n) is 11.6. The maximum absolute atomic E-state index is 11.0. The van der Waals surface area contributed by atoms with Crippen LogP contribution >= 0.6 is 0 Å². The summed E-state index contributed by atoms with van der Waals surface area (Å²) in [6.07, 6.45) is 3.95. The Kier molecular flexibility index (Phi) is 3.75. The summed E-state index contributed by atoms with van der Waals surface area (Å²) in [4.78, 5) is 0. The van der Waals surface area contributed by atoms with Gasteiger partial charge in [0, 0.05) is 5.69 Å². The van der Waals surface area contributed by atoms with Gasteiger partial charge in [-0.05, 0) is 30.5 Å². The fourth-order valence-electron chi connectivity index (χ4n) is 3.15. The van der Waals surface area contributed by atoms with E-state index in [9.17, 15) is 5.11 Å². The number of hydrogen-bond acceptors (Lipinski definition) is 2. The highest BCUT2D eigenvalue weighted by Crippen LogP contribution is 2.41. The molecule has 1 fully saturated rings. The summed E-state index contributed by atoms with van der Waals surface area (Å²) in [7, 11) is 0. The number of hydrogen-bond donors (Lipinski definition) is 2. The normalized spacial score (nSPS) is 18.6. The van der Waals surface area contributed by atoms with Crippen LogP contribution in [0.4, 0.5) is 5.69 Å². The van der Waals surface area contributed by atoms with Gasteiger partial charge in [0.2, 0.25) is 0 Å². The Labute approximate surface area is 120 Å². The number of para-hydroxylation sites is 1. The van der Waals surface area contributed by atoms with Crippen LogP contribution in [0.3, 0.4) is 0 Å². The minimum absolute atomic E-state index is 0.0476. The molecule has 2 N–H and O–H groups in total. The standard InChI is InChI=1S/C18H21NO/c20-18(13-7-8-14-18)17(15-9-3-1-4-10-15)19-16-11-5-2-6-12-16/h1-6,9-12,17,19-20H,7-8,13-14H2. The molecule has 0 amide bonds. The molecule has 1 aliphatic rings. The first-order chi connectivity index (χ1) is 9.78. The molecule has 1 aliphatic carbocycles. The Bertz CT molecular complexity index is 532. The van der Waals surface area contributed by atoms with E-state index in [1.807, 2.05) is 48.5 Å². The largest absolute Gasteiger partial charge is 0.387 e. The van der Waals surface area contributed by atoms with E-state index in [-0.39, 0.29) is 6.04 Å². The second-order valence-electron chi connectivity index (χ2n) is 5.66. The maximum atomic E-state index is 11.0. The molecule has 0 aromatic heterocycles. The average molecular weight is 267 g/mol. The third kappa shape index (κ3) is 2.70. The highest BCUT2D eigenvalue weighted by atomic mass is 16.3. The molecule has 0 aliphatic heterocycles. The van der Waals surface area contributed by atoms with E-state index in [1.54, 1.807) is 0 Å². The molecule has 2 nitrogen and oxygen atoms in total. The monoisotopic (exact) mass is 267 g/mol. The summed E-state index contributed by atoms with van der Waals surface area (Å²) in [5.74, 6) is 0. The molecule has 0 saturated heterocycles. The Balaban J connectivity index is 1.92. The zero-order valence-corrected chi connectivity index (χ0v) is 11.6. The van der Waals surface area contributed by atoms with Gasteiger partial charge in [-0.3, -0.25) is 0 Å². The smallest absolute Gasteiger partial charge is 0.0889 e. The molecule has 2 aromatic carbocycles. The van der Waals surface area contributed by atoms with Gasteiger partial charge in [0.05, 0.1) is 11.6 Å². The Hall–Kier alpha value is -1.80. The van der Waals surface area contributed by atoms with Crippen molar-refractivity contribution in [1.29, 1.82) is 0 Å². The molecule has 20 heavy (non-hydrogen) atoms. The molecular formula is C18H21NO. The van der Waals surface area contributed by atoms with Crippen molar-refractivity contribution >= 4 is 5.69 Å². The Morgan fingerprint density at radius 2 is 1.40 bits per heavy atom. The predicted molar refractivity (Wildman–Crippen MR) is 82.7 cm³/mol. The van der Waals surface area contributed by atoms with Crippen molar-refractivity contribution in [3.05, 3.63) is 66.2 Å². The maximum Gasteiger partial charge on any atom is 0.0889 e. The second-order valence-corrected chi connectivity index (χ2v) is 5.66. The summed E-state index contributed by atoms with van der Waals surface area (Å²) in [6, 6.07) is 20.4. The van der Waals surface area contributed by atoms with Gasteiger partial charge in [-0.15, -0.1) is 0 Å². The highest BCUT2D eigenvalue weighted by Gasteiger charge is 2.40. The third-order valence-corrected chi connectivity index (χ3v) is 4.22. The summed E-state index contributed by atoms with van der Waals surface area (Å²) < 4.78 is 0. The molecular weight excluding hydrogens is 246 g/mol. The summed E-state index contributed by atoms with van der Waals surface area (Å²) >= 11 is 0. The number of benzene rings is 2. The minimum atomic E-state index is -0.642. The van der Waals surface area contributed by atoms with Crippen molar-refractivity contribution in [2.24, 2.45) is 0 Å².